The average molecular weight is 228 g/mol. The number of hydrogen-bond acceptors (Lipinski definition) is 3. The van der Waals surface area contributed by atoms with E-state index in [2.05, 4.69) is 10.6 Å². The lowest BCUT2D eigenvalue weighted by Gasteiger charge is -2.32. The minimum atomic E-state index is -0.218. The summed E-state index contributed by atoms with van der Waals surface area (Å²) in [6, 6.07) is 0. The van der Waals surface area contributed by atoms with Crippen molar-refractivity contribution in [3.05, 3.63) is 0 Å². The molecule has 1 atom stereocenters. The van der Waals surface area contributed by atoms with Gasteiger partial charge in [-0.15, -0.1) is 0 Å². The van der Waals surface area contributed by atoms with Gasteiger partial charge in [0.05, 0.1) is 5.41 Å². The predicted octanol–water partition coefficient (Wildman–Crippen LogP) is 0.919. The third-order valence-corrected chi connectivity index (χ3v) is 3.10. The lowest BCUT2D eigenvalue weighted by atomic mass is 9.82. The van der Waals surface area contributed by atoms with Gasteiger partial charge >= 0.3 is 0 Å². The molecular weight excluding hydrogens is 204 g/mol. The van der Waals surface area contributed by atoms with E-state index < -0.39 is 0 Å². The lowest BCUT2D eigenvalue weighted by molar-refractivity contribution is -0.131. The first-order valence-corrected chi connectivity index (χ1v) is 6.26. The smallest absolute Gasteiger partial charge is 0.227 e. The Kier molecular flexibility index (Phi) is 5.77. The highest BCUT2D eigenvalue weighted by molar-refractivity contribution is 5.82. The maximum absolute atomic E-state index is 12.0. The number of amides is 1. The zero-order chi connectivity index (χ0) is 11.9. The Morgan fingerprint density at radius 3 is 3.00 bits per heavy atom. The number of carbonyl (C=O) groups excluding carboxylic acids is 1. The molecule has 0 aromatic heterocycles. The van der Waals surface area contributed by atoms with Gasteiger partial charge in [-0.05, 0) is 39.7 Å². The van der Waals surface area contributed by atoms with Crippen LogP contribution in [0.1, 0.15) is 33.1 Å². The number of nitrogens with one attached hydrogen (secondary N) is 2. The summed E-state index contributed by atoms with van der Waals surface area (Å²) in [4.78, 5) is 12.0. The second-order valence-corrected chi connectivity index (χ2v) is 4.65. The van der Waals surface area contributed by atoms with E-state index in [1.54, 1.807) is 0 Å². The molecule has 0 aromatic rings. The Morgan fingerprint density at radius 1 is 1.56 bits per heavy atom. The van der Waals surface area contributed by atoms with Crippen LogP contribution in [0.25, 0.3) is 0 Å². The molecule has 1 fully saturated rings. The van der Waals surface area contributed by atoms with Gasteiger partial charge in [-0.25, -0.2) is 0 Å². The molecule has 0 spiro atoms. The second-order valence-electron chi connectivity index (χ2n) is 4.65. The van der Waals surface area contributed by atoms with Gasteiger partial charge in [0.15, 0.2) is 0 Å². The molecular formula is C12H24N2O2. The molecule has 1 unspecified atom stereocenters. The summed E-state index contributed by atoms with van der Waals surface area (Å²) < 4.78 is 5.22. The third kappa shape index (κ3) is 4.10. The van der Waals surface area contributed by atoms with E-state index in [4.69, 9.17) is 4.74 Å². The number of ether oxygens (including phenoxy) is 1. The molecule has 1 aliphatic heterocycles. The van der Waals surface area contributed by atoms with E-state index in [0.29, 0.717) is 6.54 Å². The first-order valence-electron chi connectivity index (χ1n) is 6.26. The van der Waals surface area contributed by atoms with E-state index >= 15 is 0 Å². The van der Waals surface area contributed by atoms with Crippen LogP contribution in [-0.4, -0.2) is 38.8 Å². The van der Waals surface area contributed by atoms with Crippen LogP contribution >= 0.6 is 0 Å². The molecule has 4 nitrogen and oxygen atoms in total. The summed E-state index contributed by atoms with van der Waals surface area (Å²) in [7, 11) is 0. The van der Waals surface area contributed by atoms with Crippen molar-refractivity contribution in [3.8, 4) is 0 Å². The second kappa shape index (κ2) is 6.86. The fourth-order valence-electron chi connectivity index (χ4n) is 1.98. The summed E-state index contributed by atoms with van der Waals surface area (Å²) in [6.45, 7) is 8.04. The Bertz CT molecular complexity index is 213. The van der Waals surface area contributed by atoms with Gasteiger partial charge in [0.1, 0.15) is 0 Å². The Morgan fingerprint density at radius 2 is 2.38 bits per heavy atom. The molecule has 94 valence electrons. The number of carbonyl (C=O) groups is 1. The lowest BCUT2D eigenvalue weighted by Crippen LogP contribution is -2.48. The molecule has 0 saturated carbocycles. The van der Waals surface area contributed by atoms with Crippen LogP contribution < -0.4 is 10.6 Å². The van der Waals surface area contributed by atoms with Crippen LogP contribution in [0.5, 0.6) is 0 Å². The molecule has 2 N–H and O–H groups in total. The van der Waals surface area contributed by atoms with Crippen molar-refractivity contribution in [2.24, 2.45) is 5.41 Å². The highest BCUT2D eigenvalue weighted by Crippen LogP contribution is 2.25. The van der Waals surface area contributed by atoms with Crippen molar-refractivity contribution >= 4 is 5.91 Å². The molecule has 1 saturated heterocycles. The highest BCUT2D eigenvalue weighted by atomic mass is 16.5. The molecule has 0 radical (unpaired) electrons. The first kappa shape index (κ1) is 13.5. The topological polar surface area (TPSA) is 50.4 Å². The summed E-state index contributed by atoms with van der Waals surface area (Å²) in [5.41, 5.74) is -0.218. The van der Waals surface area contributed by atoms with Crippen LogP contribution in [0, 0.1) is 5.41 Å². The quantitative estimate of drug-likeness (QED) is 0.665. The summed E-state index contributed by atoms with van der Waals surface area (Å²) in [5.74, 6) is 0.177. The normalized spacial score (nSPS) is 25.4. The van der Waals surface area contributed by atoms with Crippen molar-refractivity contribution in [2.45, 2.75) is 33.1 Å². The van der Waals surface area contributed by atoms with Crippen LogP contribution in [0.15, 0.2) is 0 Å². The van der Waals surface area contributed by atoms with Crippen LogP contribution in [0.4, 0.5) is 0 Å². The number of hydrogen-bond donors (Lipinski definition) is 2. The Balaban J connectivity index is 2.18. The summed E-state index contributed by atoms with van der Waals surface area (Å²) >= 11 is 0. The van der Waals surface area contributed by atoms with Gasteiger partial charge in [0.25, 0.3) is 0 Å². The van der Waals surface area contributed by atoms with E-state index in [1.807, 2.05) is 13.8 Å². The van der Waals surface area contributed by atoms with Crippen LogP contribution in [0.2, 0.25) is 0 Å². The largest absolute Gasteiger partial charge is 0.382 e. The van der Waals surface area contributed by atoms with Gasteiger partial charge in [-0.3, -0.25) is 4.79 Å². The van der Waals surface area contributed by atoms with Crippen molar-refractivity contribution in [2.75, 3.05) is 32.8 Å². The first-order chi connectivity index (χ1) is 7.69. The van der Waals surface area contributed by atoms with E-state index in [1.165, 1.54) is 0 Å². The molecule has 1 heterocycles. The van der Waals surface area contributed by atoms with Gasteiger partial charge in [0.2, 0.25) is 5.91 Å². The average Bonchev–Trinajstić information content (AvgIpc) is 2.29. The Labute approximate surface area is 98.1 Å². The number of piperidine rings is 1. The fourth-order valence-corrected chi connectivity index (χ4v) is 1.98. The molecule has 0 aromatic carbocycles. The maximum atomic E-state index is 12.0. The van der Waals surface area contributed by atoms with E-state index in [9.17, 15) is 4.79 Å². The highest BCUT2D eigenvalue weighted by Gasteiger charge is 2.34. The molecule has 1 amide bonds. The molecule has 1 rings (SSSR count). The van der Waals surface area contributed by atoms with Gasteiger partial charge in [0, 0.05) is 26.3 Å². The summed E-state index contributed by atoms with van der Waals surface area (Å²) in [6.07, 6.45) is 2.96. The fraction of sp³-hybridized carbons (Fsp3) is 0.917. The van der Waals surface area contributed by atoms with E-state index in [0.717, 1.165) is 45.6 Å². The monoisotopic (exact) mass is 228 g/mol. The minimum Gasteiger partial charge on any atom is -0.382 e. The van der Waals surface area contributed by atoms with Gasteiger partial charge in [-0.1, -0.05) is 0 Å². The van der Waals surface area contributed by atoms with Crippen LogP contribution in [0.3, 0.4) is 0 Å². The molecule has 0 bridgehead atoms. The molecule has 1 aliphatic rings. The summed E-state index contributed by atoms with van der Waals surface area (Å²) in [5, 5.41) is 6.27. The molecule has 4 heteroatoms. The zero-order valence-electron chi connectivity index (χ0n) is 10.5. The van der Waals surface area contributed by atoms with E-state index in [-0.39, 0.29) is 11.3 Å². The third-order valence-electron chi connectivity index (χ3n) is 3.10. The maximum Gasteiger partial charge on any atom is 0.227 e. The van der Waals surface area contributed by atoms with Crippen molar-refractivity contribution in [1.29, 1.82) is 0 Å². The molecule has 16 heavy (non-hydrogen) atoms. The minimum absolute atomic E-state index is 0.177. The standard InChI is InChI=1S/C12H24N2O2/c1-3-16-9-5-8-14-11(15)12(2)6-4-7-13-10-12/h13H,3-10H2,1-2H3,(H,14,15). The zero-order valence-corrected chi connectivity index (χ0v) is 10.5. The van der Waals surface area contributed by atoms with Crippen molar-refractivity contribution in [3.63, 3.8) is 0 Å². The van der Waals surface area contributed by atoms with Crippen molar-refractivity contribution in [1.82, 2.24) is 10.6 Å². The van der Waals surface area contributed by atoms with Crippen LogP contribution in [-0.2, 0) is 9.53 Å². The van der Waals surface area contributed by atoms with Crippen molar-refractivity contribution < 1.29 is 9.53 Å². The van der Waals surface area contributed by atoms with Gasteiger partial charge in [-0.2, -0.15) is 0 Å². The van der Waals surface area contributed by atoms with Gasteiger partial charge < -0.3 is 15.4 Å². The number of rotatable bonds is 6. The Hall–Kier alpha value is -0.610. The predicted molar refractivity (Wildman–Crippen MR) is 64.3 cm³/mol. The molecule has 0 aliphatic carbocycles. The SMILES string of the molecule is CCOCCCNC(=O)C1(C)CCCNC1.